The maximum atomic E-state index is 12.3. The fourth-order valence-electron chi connectivity index (χ4n) is 2.22. The fourth-order valence-corrected chi connectivity index (χ4v) is 2.22. The standard InChI is InChI=1S/C11H19N5O/c1-7-9(10(12)14-13-7)11(17)16-5-4-8(6-16)15(2)3/h8H,4-6H2,1-3H3,(H3,12,13,14). The van der Waals surface area contributed by atoms with Gasteiger partial charge in [-0.05, 0) is 27.4 Å². The second-order valence-electron chi connectivity index (χ2n) is 4.77. The Morgan fingerprint density at radius 1 is 1.59 bits per heavy atom. The second-order valence-corrected chi connectivity index (χ2v) is 4.77. The van der Waals surface area contributed by atoms with Gasteiger partial charge in [0.2, 0.25) is 0 Å². The lowest BCUT2D eigenvalue weighted by Gasteiger charge is -2.20. The van der Waals surface area contributed by atoms with Gasteiger partial charge in [0.15, 0.2) is 5.82 Å². The number of H-pyrrole nitrogens is 1. The monoisotopic (exact) mass is 237 g/mol. The van der Waals surface area contributed by atoms with E-state index in [-0.39, 0.29) is 5.91 Å². The van der Waals surface area contributed by atoms with E-state index >= 15 is 0 Å². The molecular weight excluding hydrogens is 218 g/mol. The van der Waals surface area contributed by atoms with Gasteiger partial charge in [0, 0.05) is 24.8 Å². The Bertz CT molecular complexity index is 406. The van der Waals surface area contributed by atoms with Crippen molar-refractivity contribution in [3.8, 4) is 0 Å². The van der Waals surface area contributed by atoms with Gasteiger partial charge in [0.1, 0.15) is 5.56 Å². The van der Waals surface area contributed by atoms with E-state index in [9.17, 15) is 4.79 Å². The molecular formula is C11H19N5O. The van der Waals surface area contributed by atoms with Crippen LogP contribution in [0.2, 0.25) is 0 Å². The molecule has 1 fully saturated rings. The van der Waals surface area contributed by atoms with Crippen molar-refractivity contribution in [1.29, 1.82) is 0 Å². The number of nitrogens with zero attached hydrogens (tertiary/aromatic N) is 3. The molecule has 17 heavy (non-hydrogen) atoms. The number of carbonyl (C=O) groups is 1. The molecule has 1 aromatic heterocycles. The second kappa shape index (κ2) is 4.37. The van der Waals surface area contributed by atoms with E-state index in [1.807, 2.05) is 25.9 Å². The number of aryl methyl sites for hydroxylation is 1. The molecule has 3 N–H and O–H groups in total. The Balaban J connectivity index is 2.12. The van der Waals surface area contributed by atoms with Gasteiger partial charge < -0.3 is 15.5 Å². The molecule has 94 valence electrons. The van der Waals surface area contributed by atoms with Gasteiger partial charge >= 0.3 is 0 Å². The van der Waals surface area contributed by atoms with E-state index in [1.165, 1.54) is 0 Å². The molecule has 0 aliphatic carbocycles. The summed E-state index contributed by atoms with van der Waals surface area (Å²) in [5.74, 6) is 0.277. The minimum atomic E-state index is -0.0156. The number of hydrogen-bond acceptors (Lipinski definition) is 4. The third-order valence-corrected chi connectivity index (χ3v) is 3.37. The summed E-state index contributed by atoms with van der Waals surface area (Å²) in [4.78, 5) is 16.3. The number of nitrogens with two attached hydrogens (primary N) is 1. The van der Waals surface area contributed by atoms with E-state index in [0.29, 0.717) is 17.4 Å². The van der Waals surface area contributed by atoms with E-state index in [0.717, 1.165) is 25.2 Å². The first-order valence-electron chi connectivity index (χ1n) is 5.77. The maximum absolute atomic E-state index is 12.3. The topological polar surface area (TPSA) is 78.2 Å². The van der Waals surface area contributed by atoms with Crippen molar-refractivity contribution in [1.82, 2.24) is 20.0 Å². The number of amides is 1. The average molecular weight is 237 g/mol. The van der Waals surface area contributed by atoms with Gasteiger partial charge in [-0.15, -0.1) is 0 Å². The third-order valence-electron chi connectivity index (χ3n) is 3.37. The van der Waals surface area contributed by atoms with Crippen LogP contribution in [-0.2, 0) is 0 Å². The molecule has 1 saturated heterocycles. The van der Waals surface area contributed by atoms with Gasteiger partial charge in [-0.1, -0.05) is 0 Å². The van der Waals surface area contributed by atoms with Crippen LogP contribution in [0.15, 0.2) is 0 Å². The molecule has 1 unspecified atom stereocenters. The van der Waals surface area contributed by atoms with Gasteiger partial charge in [0.05, 0.1) is 0 Å². The van der Waals surface area contributed by atoms with Crippen molar-refractivity contribution in [2.75, 3.05) is 32.9 Å². The van der Waals surface area contributed by atoms with Crippen molar-refractivity contribution < 1.29 is 4.79 Å². The van der Waals surface area contributed by atoms with Crippen LogP contribution in [0, 0.1) is 6.92 Å². The van der Waals surface area contributed by atoms with Gasteiger partial charge in [-0.2, -0.15) is 5.10 Å². The Kier molecular flexibility index (Phi) is 3.06. The summed E-state index contributed by atoms with van der Waals surface area (Å²) in [5, 5.41) is 6.60. The first-order chi connectivity index (χ1) is 8.00. The number of aromatic amines is 1. The zero-order chi connectivity index (χ0) is 12.6. The molecule has 1 amide bonds. The molecule has 1 aromatic rings. The van der Waals surface area contributed by atoms with Crippen molar-refractivity contribution >= 4 is 11.7 Å². The lowest BCUT2D eigenvalue weighted by atomic mass is 10.2. The number of nitrogen functional groups attached to an aromatic ring is 1. The summed E-state index contributed by atoms with van der Waals surface area (Å²) < 4.78 is 0. The van der Waals surface area contributed by atoms with Crippen LogP contribution in [0.4, 0.5) is 5.82 Å². The third kappa shape index (κ3) is 2.12. The number of nitrogens with one attached hydrogen (secondary N) is 1. The van der Waals surface area contributed by atoms with Crippen molar-refractivity contribution in [3.05, 3.63) is 11.3 Å². The smallest absolute Gasteiger partial charge is 0.259 e. The first-order valence-corrected chi connectivity index (χ1v) is 5.77. The van der Waals surface area contributed by atoms with E-state index < -0.39 is 0 Å². The normalized spacial score (nSPS) is 20.2. The quantitative estimate of drug-likeness (QED) is 0.763. The maximum Gasteiger partial charge on any atom is 0.259 e. The largest absolute Gasteiger partial charge is 0.382 e. The van der Waals surface area contributed by atoms with Crippen LogP contribution < -0.4 is 5.73 Å². The highest BCUT2D eigenvalue weighted by Gasteiger charge is 2.30. The number of rotatable bonds is 2. The SMILES string of the molecule is Cc1[nH]nc(N)c1C(=O)N1CCC(N(C)C)C1. The molecule has 0 bridgehead atoms. The highest BCUT2D eigenvalue weighted by molar-refractivity contribution is 5.99. The number of carbonyl (C=O) groups excluding carboxylic acids is 1. The zero-order valence-corrected chi connectivity index (χ0v) is 10.5. The van der Waals surface area contributed by atoms with Crippen molar-refractivity contribution in [2.24, 2.45) is 0 Å². The average Bonchev–Trinajstić information content (AvgIpc) is 2.85. The summed E-state index contributed by atoms with van der Waals surface area (Å²) in [5.41, 5.74) is 6.96. The number of likely N-dealkylation sites (tertiary alicyclic amines) is 1. The van der Waals surface area contributed by atoms with Gasteiger partial charge in [-0.25, -0.2) is 0 Å². The predicted octanol–water partition coefficient (Wildman–Crippen LogP) is 0.0764. The summed E-state index contributed by atoms with van der Waals surface area (Å²) in [6.07, 6.45) is 1.01. The molecule has 1 aliphatic heterocycles. The molecule has 0 aromatic carbocycles. The molecule has 6 nitrogen and oxygen atoms in total. The molecule has 0 radical (unpaired) electrons. The number of aromatic nitrogens is 2. The number of likely N-dealkylation sites (N-methyl/N-ethyl adjacent to an activating group) is 1. The first kappa shape index (κ1) is 11.9. The summed E-state index contributed by atoms with van der Waals surface area (Å²) in [6.45, 7) is 3.36. The van der Waals surface area contributed by atoms with Gasteiger partial charge in [0.25, 0.3) is 5.91 Å². The van der Waals surface area contributed by atoms with Crippen molar-refractivity contribution in [3.63, 3.8) is 0 Å². The summed E-state index contributed by atoms with van der Waals surface area (Å²) in [7, 11) is 4.08. The molecule has 0 spiro atoms. The van der Waals surface area contributed by atoms with Crippen molar-refractivity contribution in [2.45, 2.75) is 19.4 Å². The fraction of sp³-hybridized carbons (Fsp3) is 0.636. The van der Waals surface area contributed by atoms with Crippen LogP contribution in [-0.4, -0.2) is 59.1 Å². The minimum absolute atomic E-state index is 0.0156. The predicted molar refractivity (Wildman–Crippen MR) is 65.7 cm³/mol. The van der Waals surface area contributed by atoms with Crippen LogP contribution in [0.5, 0.6) is 0 Å². The van der Waals surface area contributed by atoms with Crippen LogP contribution >= 0.6 is 0 Å². The highest BCUT2D eigenvalue weighted by atomic mass is 16.2. The molecule has 6 heteroatoms. The van der Waals surface area contributed by atoms with Crippen LogP contribution in [0.25, 0.3) is 0 Å². The molecule has 0 saturated carbocycles. The Labute approximate surface area is 101 Å². The van der Waals surface area contributed by atoms with E-state index in [4.69, 9.17) is 5.73 Å². The molecule has 2 heterocycles. The summed E-state index contributed by atoms with van der Waals surface area (Å²) >= 11 is 0. The summed E-state index contributed by atoms with van der Waals surface area (Å²) in [6, 6.07) is 0.437. The van der Waals surface area contributed by atoms with E-state index in [1.54, 1.807) is 0 Å². The van der Waals surface area contributed by atoms with E-state index in [2.05, 4.69) is 15.1 Å². The lowest BCUT2D eigenvalue weighted by molar-refractivity contribution is 0.0783. The number of anilines is 1. The Morgan fingerprint density at radius 2 is 2.29 bits per heavy atom. The minimum Gasteiger partial charge on any atom is -0.382 e. The molecule has 2 rings (SSSR count). The highest BCUT2D eigenvalue weighted by Crippen LogP contribution is 2.20. The Hall–Kier alpha value is -1.56. The molecule has 1 aliphatic rings. The lowest BCUT2D eigenvalue weighted by Crippen LogP contribution is -2.34. The number of hydrogen-bond donors (Lipinski definition) is 2. The Morgan fingerprint density at radius 3 is 2.76 bits per heavy atom. The zero-order valence-electron chi connectivity index (χ0n) is 10.5. The van der Waals surface area contributed by atoms with Crippen LogP contribution in [0.3, 0.4) is 0 Å². The molecule has 1 atom stereocenters. The van der Waals surface area contributed by atoms with Crippen LogP contribution in [0.1, 0.15) is 22.5 Å². The van der Waals surface area contributed by atoms with Gasteiger partial charge in [-0.3, -0.25) is 9.89 Å².